The van der Waals surface area contributed by atoms with Gasteiger partial charge >= 0.3 is 0 Å². The van der Waals surface area contributed by atoms with Crippen molar-refractivity contribution in [2.24, 2.45) is 0 Å². The summed E-state index contributed by atoms with van der Waals surface area (Å²) < 4.78 is 9.83. The third kappa shape index (κ3) is 9.96. The first-order valence-corrected chi connectivity index (χ1v) is 6.19. The molecule has 7 nitrogen and oxygen atoms in total. The van der Waals surface area contributed by atoms with E-state index in [0.717, 1.165) is 0 Å². The highest BCUT2D eigenvalue weighted by Gasteiger charge is 2.17. The molecule has 0 atom stereocenters. The van der Waals surface area contributed by atoms with Gasteiger partial charge in [0.2, 0.25) is 11.8 Å². The summed E-state index contributed by atoms with van der Waals surface area (Å²) in [6, 6.07) is 0. The molecule has 0 aromatic heterocycles. The maximum absolute atomic E-state index is 12.0. The molecule has 0 fully saturated rings. The van der Waals surface area contributed by atoms with Crippen molar-refractivity contribution in [3.8, 4) is 0 Å². The summed E-state index contributed by atoms with van der Waals surface area (Å²) in [5.74, 6) is -0.232. The molecule has 0 aliphatic heterocycles. The molecular weight excluding hydrogens is 286 g/mol. The van der Waals surface area contributed by atoms with E-state index in [1.165, 1.54) is 9.80 Å². The van der Waals surface area contributed by atoms with Crippen LogP contribution in [0.4, 0.5) is 0 Å². The Balaban J connectivity index is 0. The number of carbonyl (C=O) groups excluding carboxylic acids is 2. The summed E-state index contributed by atoms with van der Waals surface area (Å²) >= 11 is 0. The van der Waals surface area contributed by atoms with E-state index in [-0.39, 0.29) is 37.3 Å². The molecule has 2 amide bonds. The van der Waals surface area contributed by atoms with Crippen LogP contribution in [0.1, 0.15) is 0 Å². The largest absolute Gasteiger partial charge is 0.383 e. The Morgan fingerprint density at radius 2 is 1.65 bits per heavy atom. The molecule has 8 heteroatoms. The van der Waals surface area contributed by atoms with Gasteiger partial charge in [0.1, 0.15) is 0 Å². The molecule has 1 N–H and O–H groups in total. The Labute approximate surface area is 127 Å². The lowest BCUT2D eigenvalue weighted by Crippen LogP contribution is -2.45. The lowest BCUT2D eigenvalue weighted by atomic mass is 10.4. The third-order valence-corrected chi connectivity index (χ3v) is 2.50. The second-order valence-corrected chi connectivity index (χ2v) is 4.27. The fourth-order valence-corrected chi connectivity index (χ4v) is 1.28. The molecule has 0 bridgehead atoms. The van der Waals surface area contributed by atoms with E-state index in [2.05, 4.69) is 5.32 Å². The quantitative estimate of drug-likeness (QED) is 0.535. The Bertz CT molecular complexity index is 277. The molecule has 0 saturated heterocycles. The van der Waals surface area contributed by atoms with E-state index in [1.807, 2.05) is 0 Å². The second-order valence-electron chi connectivity index (χ2n) is 4.27. The van der Waals surface area contributed by atoms with Gasteiger partial charge in [0, 0.05) is 41.4 Å². The molecule has 20 heavy (non-hydrogen) atoms. The van der Waals surface area contributed by atoms with Gasteiger partial charge in [0.25, 0.3) is 0 Å². The minimum Gasteiger partial charge on any atom is -0.383 e. The van der Waals surface area contributed by atoms with Crippen molar-refractivity contribution < 1.29 is 19.1 Å². The number of methoxy groups -OCH3 is 2. The van der Waals surface area contributed by atoms with Gasteiger partial charge in [-0.25, -0.2) is 0 Å². The van der Waals surface area contributed by atoms with Crippen LogP contribution in [0.2, 0.25) is 0 Å². The van der Waals surface area contributed by atoms with Gasteiger partial charge in [-0.15, -0.1) is 12.4 Å². The predicted octanol–water partition coefficient (Wildman–Crippen LogP) is -0.793. The molecule has 0 spiro atoms. The van der Waals surface area contributed by atoms with Crippen molar-refractivity contribution in [2.45, 2.75) is 0 Å². The van der Waals surface area contributed by atoms with Crippen molar-refractivity contribution in [3.63, 3.8) is 0 Å². The average Bonchev–Trinajstić information content (AvgIpc) is 2.38. The first kappa shape index (κ1) is 21.4. The average molecular weight is 312 g/mol. The van der Waals surface area contributed by atoms with Crippen LogP contribution in [0, 0.1) is 0 Å². The Kier molecular flexibility index (Phi) is 14.0. The van der Waals surface area contributed by atoms with Crippen molar-refractivity contribution in [1.29, 1.82) is 0 Å². The molecule has 0 rings (SSSR count). The minimum atomic E-state index is -0.122. The van der Waals surface area contributed by atoms with Gasteiger partial charge in [-0.05, 0) is 0 Å². The van der Waals surface area contributed by atoms with Crippen molar-refractivity contribution in [2.75, 3.05) is 67.7 Å². The molecule has 0 unspecified atom stereocenters. The number of hydrogen-bond donors (Lipinski definition) is 1. The number of halogens is 1. The van der Waals surface area contributed by atoms with Gasteiger partial charge in [0.05, 0.1) is 26.3 Å². The zero-order chi connectivity index (χ0) is 14.7. The highest BCUT2D eigenvalue weighted by Crippen LogP contribution is 1.93. The van der Waals surface area contributed by atoms with Gasteiger partial charge < -0.3 is 24.6 Å². The molecule has 0 aromatic rings. The number of carbonyl (C=O) groups is 2. The van der Waals surface area contributed by atoms with E-state index >= 15 is 0 Å². The monoisotopic (exact) mass is 311 g/mol. The lowest BCUT2D eigenvalue weighted by molar-refractivity contribution is -0.139. The van der Waals surface area contributed by atoms with E-state index in [0.29, 0.717) is 26.3 Å². The molecule has 0 aliphatic rings. The van der Waals surface area contributed by atoms with Gasteiger partial charge in [-0.1, -0.05) is 0 Å². The highest BCUT2D eigenvalue weighted by atomic mass is 35.5. The number of amides is 2. The van der Waals surface area contributed by atoms with Crippen molar-refractivity contribution in [3.05, 3.63) is 0 Å². The number of nitrogens with one attached hydrogen (secondary N) is 1. The summed E-state index contributed by atoms with van der Waals surface area (Å²) in [6.45, 7) is 2.21. The van der Waals surface area contributed by atoms with Gasteiger partial charge in [0.15, 0.2) is 0 Å². The smallest absolute Gasteiger partial charge is 0.241 e. The topological polar surface area (TPSA) is 71.1 Å². The normalized spacial score (nSPS) is 9.80. The van der Waals surface area contributed by atoms with Crippen LogP contribution < -0.4 is 5.32 Å². The molecule has 0 aromatic carbocycles. The fourth-order valence-electron chi connectivity index (χ4n) is 1.28. The Morgan fingerprint density at radius 1 is 1.05 bits per heavy atom. The number of rotatable bonds is 10. The van der Waals surface area contributed by atoms with Crippen molar-refractivity contribution >= 4 is 24.2 Å². The fraction of sp³-hybridized carbons (Fsp3) is 0.833. The maximum Gasteiger partial charge on any atom is 0.241 e. The van der Waals surface area contributed by atoms with Crippen LogP contribution in [0.15, 0.2) is 0 Å². The molecule has 0 saturated carbocycles. The highest BCUT2D eigenvalue weighted by molar-refractivity contribution is 5.85. The van der Waals surface area contributed by atoms with E-state index < -0.39 is 0 Å². The van der Waals surface area contributed by atoms with Crippen LogP contribution >= 0.6 is 12.4 Å². The lowest BCUT2D eigenvalue weighted by Gasteiger charge is -2.23. The minimum absolute atomic E-state index is 0. The maximum atomic E-state index is 12.0. The Morgan fingerprint density at radius 3 is 2.15 bits per heavy atom. The number of ether oxygens (including phenoxy) is 2. The van der Waals surface area contributed by atoms with Crippen molar-refractivity contribution in [1.82, 2.24) is 15.1 Å². The number of hydrogen-bond acceptors (Lipinski definition) is 5. The van der Waals surface area contributed by atoms with Crippen LogP contribution in [-0.2, 0) is 19.1 Å². The summed E-state index contributed by atoms with van der Waals surface area (Å²) in [6.07, 6.45) is 0. The van der Waals surface area contributed by atoms with E-state index in [4.69, 9.17) is 9.47 Å². The summed E-state index contributed by atoms with van der Waals surface area (Å²) in [5, 5.41) is 2.96. The van der Waals surface area contributed by atoms with Gasteiger partial charge in [-0.2, -0.15) is 0 Å². The molecule has 0 heterocycles. The first-order chi connectivity index (χ1) is 9.02. The van der Waals surface area contributed by atoms with Crippen LogP contribution in [0.3, 0.4) is 0 Å². The Hall–Kier alpha value is -0.890. The molecule has 0 aliphatic carbocycles. The molecule has 0 radical (unpaired) electrons. The predicted molar refractivity (Wildman–Crippen MR) is 79.1 cm³/mol. The van der Waals surface area contributed by atoms with E-state index in [9.17, 15) is 9.59 Å². The van der Waals surface area contributed by atoms with Crippen LogP contribution in [0.25, 0.3) is 0 Å². The van der Waals surface area contributed by atoms with Crippen LogP contribution in [-0.4, -0.2) is 89.3 Å². The third-order valence-electron chi connectivity index (χ3n) is 2.50. The number of nitrogens with zero attached hydrogens (tertiary/aromatic N) is 2. The van der Waals surface area contributed by atoms with E-state index in [1.54, 1.807) is 28.3 Å². The molecule has 120 valence electrons. The summed E-state index contributed by atoms with van der Waals surface area (Å²) in [4.78, 5) is 26.6. The zero-order valence-corrected chi connectivity index (χ0v) is 13.5. The van der Waals surface area contributed by atoms with Gasteiger partial charge in [-0.3, -0.25) is 9.59 Å². The zero-order valence-electron chi connectivity index (χ0n) is 12.7. The first-order valence-electron chi connectivity index (χ1n) is 6.19. The van der Waals surface area contributed by atoms with Crippen LogP contribution in [0.5, 0.6) is 0 Å². The summed E-state index contributed by atoms with van der Waals surface area (Å²) in [7, 11) is 6.49. The number of likely N-dealkylation sites (N-methyl/N-ethyl adjacent to an activating group) is 1. The molecular formula is C12H26ClN3O4. The second kappa shape index (κ2) is 13.1. The summed E-state index contributed by atoms with van der Waals surface area (Å²) in [5.41, 5.74) is 0. The SMILES string of the molecule is COCCNCC(=O)N(CCOC)CC(=O)N(C)C.Cl. The standard InChI is InChI=1S/C12H25N3O4.ClH/c1-14(2)12(17)10-15(6-8-19-4)11(16)9-13-5-7-18-3;/h13H,5-10H2,1-4H3;1H.